The summed E-state index contributed by atoms with van der Waals surface area (Å²) >= 11 is 0. The van der Waals surface area contributed by atoms with Crippen LogP contribution in [0.15, 0.2) is 39.6 Å². The van der Waals surface area contributed by atoms with Gasteiger partial charge in [-0.1, -0.05) is 17.7 Å². The van der Waals surface area contributed by atoms with Gasteiger partial charge < -0.3 is 9.73 Å². The summed E-state index contributed by atoms with van der Waals surface area (Å²) in [7, 11) is -1.06. The first-order chi connectivity index (χ1) is 10.1. The number of furan rings is 1. The number of hydrogen-bond donors (Lipinski definition) is 1. The van der Waals surface area contributed by atoms with Crippen molar-refractivity contribution >= 4 is 10.8 Å². The second kappa shape index (κ2) is 6.16. The molecule has 3 nitrogen and oxygen atoms in total. The van der Waals surface area contributed by atoms with E-state index in [2.05, 4.69) is 11.4 Å². The van der Waals surface area contributed by atoms with E-state index in [1.807, 2.05) is 38.1 Å². The van der Waals surface area contributed by atoms with Crippen LogP contribution in [0.3, 0.4) is 0 Å². The van der Waals surface area contributed by atoms with Crippen molar-refractivity contribution in [2.75, 3.05) is 0 Å². The fourth-order valence-corrected chi connectivity index (χ4v) is 3.60. The molecular weight excluding hydrogens is 282 g/mol. The van der Waals surface area contributed by atoms with Crippen LogP contribution < -0.4 is 5.32 Å². The first-order valence-electron chi connectivity index (χ1n) is 7.38. The summed E-state index contributed by atoms with van der Waals surface area (Å²) in [4.78, 5) is 0.898. The standard InChI is InChI=1S/C17H21NO2S/c1-12-3-8-17(13(2)9-12)21(19)11-16-7-6-15(20-16)10-18-14-4-5-14/h3,6-9,14,18H,4-5,10-11H2,1-2H3. The molecule has 3 rings (SSSR count). The minimum atomic E-state index is -1.06. The van der Waals surface area contributed by atoms with Crippen molar-refractivity contribution in [3.8, 4) is 0 Å². The molecule has 1 unspecified atom stereocenters. The van der Waals surface area contributed by atoms with Crippen molar-refractivity contribution in [3.05, 3.63) is 53.0 Å². The molecule has 0 spiro atoms. The smallest absolute Gasteiger partial charge is 0.118 e. The zero-order valence-electron chi connectivity index (χ0n) is 12.5. The molecule has 1 aliphatic carbocycles. The van der Waals surface area contributed by atoms with Gasteiger partial charge in [0, 0.05) is 10.9 Å². The van der Waals surface area contributed by atoms with E-state index in [-0.39, 0.29) is 0 Å². The fourth-order valence-electron chi connectivity index (χ4n) is 2.39. The Balaban J connectivity index is 1.63. The van der Waals surface area contributed by atoms with Crippen molar-refractivity contribution < 1.29 is 8.63 Å². The lowest BCUT2D eigenvalue weighted by atomic mass is 10.2. The van der Waals surface area contributed by atoms with Crippen LogP contribution in [0.5, 0.6) is 0 Å². The van der Waals surface area contributed by atoms with Crippen molar-refractivity contribution in [2.24, 2.45) is 0 Å². The Morgan fingerprint density at radius 3 is 2.67 bits per heavy atom. The summed E-state index contributed by atoms with van der Waals surface area (Å²) in [6, 6.07) is 10.6. The van der Waals surface area contributed by atoms with Crippen LogP contribution in [-0.2, 0) is 23.1 Å². The minimum Gasteiger partial charge on any atom is -0.464 e. The molecule has 1 fully saturated rings. The molecule has 0 radical (unpaired) electrons. The van der Waals surface area contributed by atoms with E-state index >= 15 is 0 Å². The quantitative estimate of drug-likeness (QED) is 0.888. The van der Waals surface area contributed by atoms with Gasteiger partial charge in [0.1, 0.15) is 11.5 Å². The molecule has 21 heavy (non-hydrogen) atoms. The average Bonchev–Trinajstić information content (AvgIpc) is 3.16. The van der Waals surface area contributed by atoms with E-state index in [9.17, 15) is 4.21 Å². The topological polar surface area (TPSA) is 42.2 Å². The Morgan fingerprint density at radius 2 is 1.95 bits per heavy atom. The number of benzene rings is 1. The van der Waals surface area contributed by atoms with Crippen LogP contribution in [-0.4, -0.2) is 10.3 Å². The predicted molar refractivity (Wildman–Crippen MR) is 84.6 cm³/mol. The van der Waals surface area contributed by atoms with Gasteiger partial charge in [-0.15, -0.1) is 0 Å². The normalized spacial score (nSPS) is 16.1. The summed E-state index contributed by atoms with van der Waals surface area (Å²) in [5, 5.41) is 3.42. The Bertz CT molecular complexity index is 659. The first kappa shape index (κ1) is 14.5. The Morgan fingerprint density at radius 1 is 1.19 bits per heavy atom. The maximum atomic E-state index is 12.5. The second-order valence-electron chi connectivity index (χ2n) is 5.78. The van der Waals surface area contributed by atoms with Crippen molar-refractivity contribution in [3.63, 3.8) is 0 Å². The lowest BCUT2D eigenvalue weighted by molar-refractivity contribution is 0.457. The summed E-state index contributed by atoms with van der Waals surface area (Å²) in [5.74, 6) is 2.16. The van der Waals surface area contributed by atoms with E-state index in [1.165, 1.54) is 18.4 Å². The Labute approximate surface area is 128 Å². The highest BCUT2D eigenvalue weighted by Crippen LogP contribution is 2.21. The Kier molecular flexibility index (Phi) is 4.27. The molecule has 4 heteroatoms. The van der Waals surface area contributed by atoms with Crippen LogP contribution >= 0.6 is 0 Å². The molecule has 1 atom stereocenters. The second-order valence-corrected chi connectivity index (χ2v) is 7.20. The van der Waals surface area contributed by atoms with Crippen molar-refractivity contribution in [2.45, 2.75) is 49.9 Å². The van der Waals surface area contributed by atoms with Gasteiger partial charge in [0.05, 0.1) is 23.1 Å². The maximum Gasteiger partial charge on any atom is 0.118 e. The van der Waals surface area contributed by atoms with Crippen LogP contribution in [0.2, 0.25) is 0 Å². The molecule has 1 aromatic carbocycles. The number of aryl methyl sites for hydroxylation is 2. The van der Waals surface area contributed by atoms with Gasteiger partial charge in [0.25, 0.3) is 0 Å². The van der Waals surface area contributed by atoms with E-state index in [4.69, 9.17) is 4.42 Å². The lowest BCUT2D eigenvalue weighted by Crippen LogP contribution is -2.14. The van der Waals surface area contributed by atoms with Crippen LogP contribution in [0.4, 0.5) is 0 Å². The monoisotopic (exact) mass is 303 g/mol. The number of nitrogens with one attached hydrogen (secondary N) is 1. The van der Waals surface area contributed by atoms with E-state index in [0.29, 0.717) is 11.8 Å². The van der Waals surface area contributed by atoms with E-state index < -0.39 is 10.8 Å². The summed E-state index contributed by atoms with van der Waals surface area (Å²) in [6.45, 7) is 4.82. The highest BCUT2D eigenvalue weighted by Gasteiger charge is 2.20. The van der Waals surface area contributed by atoms with Gasteiger partial charge >= 0.3 is 0 Å². The minimum absolute atomic E-state index is 0.438. The summed E-state index contributed by atoms with van der Waals surface area (Å²) in [6.07, 6.45) is 2.54. The highest BCUT2D eigenvalue weighted by molar-refractivity contribution is 7.84. The number of rotatable bonds is 6. The molecule has 0 aliphatic heterocycles. The summed E-state index contributed by atoms with van der Waals surface area (Å²) < 4.78 is 18.2. The molecule has 1 heterocycles. The predicted octanol–water partition coefficient (Wildman–Crippen LogP) is 3.46. The molecule has 0 bridgehead atoms. The SMILES string of the molecule is Cc1ccc(S(=O)Cc2ccc(CNC3CC3)o2)c(C)c1. The van der Waals surface area contributed by atoms with E-state index in [0.717, 1.165) is 28.5 Å². The lowest BCUT2D eigenvalue weighted by Gasteiger charge is -2.06. The fraction of sp³-hybridized carbons (Fsp3) is 0.412. The largest absolute Gasteiger partial charge is 0.464 e. The first-order valence-corrected chi connectivity index (χ1v) is 8.70. The molecule has 112 valence electrons. The molecule has 1 N–H and O–H groups in total. The average molecular weight is 303 g/mol. The van der Waals surface area contributed by atoms with Gasteiger partial charge in [-0.2, -0.15) is 0 Å². The molecule has 0 saturated heterocycles. The third-order valence-electron chi connectivity index (χ3n) is 3.71. The van der Waals surface area contributed by atoms with Crippen LogP contribution in [0, 0.1) is 13.8 Å². The van der Waals surface area contributed by atoms with Gasteiger partial charge in [-0.05, 0) is 50.5 Å². The van der Waals surface area contributed by atoms with Gasteiger partial charge in [0.2, 0.25) is 0 Å². The molecule has 1 aromatic heterocycles. The Hall–Kier alpha value is -1.39. The third kappa shape index (κ3) is 3.83. The highest BCUT2D eigenvalue weighted by atomic mass is 32.2. The van der Waals surface area contributed by atoms with Crippen LogP contribution in [0.25, 0.3) is 0 Å². The molecule has 2 aromatic rings. The molecule has 1 saturated carbocycles. The van der Waals surface area contributed by atoms with Gasteiger partial charge in [-0.3, -0.25) is 4.21 Å². The van der Waals surface area contributed by atoms with Gasteiger partial charge in [-0.25, -0.2) is 0 Å². The van der Waals surface area contributed by atoms with Crippen molar-refractivity contribution in [1.82, 2.24) is 5.32 Å². The zero-order valence-corrected chi connectivity index (χ0v) is 13.3. The van der Waals surface area contributed by atoms with Crippen LogP contribution in [0.1, 0.15) is 35.5 Å². The summed E-state index contributed by atoms with van der Waals surface area (Å²) in [5.41, 5.74) is 2.27. The van der Waals surface area contributed by atoms with E-state index in [1.54, 1.807) is 0 Å². The number of hydrogen-bond acceptors (Lipinski definition) is 3. The van der Waals surface area contributed by atoms with Crippen molar-refractivity contribution in [1.29, 1.82) is 0 Å². The van der Waals surface area contributed by atoms with Gasteiger partial charge in [0.15, 0.2) is 0 Å². The third-order valence-corrected chi connectivity index (χ3v) is 5.20. The molecule has 1 aliphatic rings. The maximum absolute atomic E-state index is 12.5. The molecule has 0 amide bonds. The zero-order chi connectivity index (χ0) is 14.8. The molecular formula is C17H21NO2S.